The van der Waals surface area contributed by atoms with Crippen LogP contribution in [-0.2, 0) is 14.8 Å². The van der Waals surface area contributed by atoms with Crippen molar-refractivity contribution in [3.05, 3.63) is 40.3 Å². The highest BCUT2D eigenvalue weighted by atomic mass is 35.5. The molecule has 0 aliphatic heterocycles. The van der Waals surface area contributed by atoms with Crippen LogP contribution in [0.15, 0.2) is 29.7 Å². The summed E-state index contributed by atoms with van der Waals surface area (Å²) in [6, 6.07) is 5.37. The van der Waals surface area contributed by atoms with Crippen molar-refractivity contribution >= 4 is 33.7 Å². The Balaban J connectivity index is 2.76. The van der Waals surface area contributed by atoms with E-state index in [1.54, 1.807) is 24.3 Å². The van der Waals surface area contributed by atoms with Crippen LogP contribution in [0.25, 0.3) is 6.08 Å². The Bertz CT molecular complexity index is 551. The molecule has 0 amide bonds. The molecule has 0 saturated heterocycles. The lowest BCUT2D eigenvalue weighted by molar-refractivity contribution is -0.138. The Labute approximate surface area is 110 Å². The number of rotatable bonds is 5. The van der Waals surface area contributed by atoms with Crippen molar-refractivity contribution in [1.29, 1.82) is 0 Å². The zero-order valence-electron chi connectivity index (χ0n) is 9.50. The van der Waals surface area contributed by atoms with Crippen LogP contribution in [0.1, 0.15) is 12.5 Å². The number of hydrogen-bond donors (Lipinski definition) is 2. The molecule has 0 aromatic heterocycles. The number of carbonyl (C=O) groups is 1. The van der Waals surface area contributed by atoms with Gasteiger partial charge in [-0.25, -0.2) is 8.42 Å². The van der Waals surface area contributed by atoms with Crippen LogP contribution in [0.5, 0.6) is 0 Å². The topological polar surface area (TPSA) is 83.5 Å². The fraction of sp³-hybridized carbons (Fsp3) is 0.182. The van der Waals surface area contributed by atoms with Crippen LogP contribution in [0.2, 0.25) is 5.02 Å². The highest BCUT2D eigenvalue weighted by molar-refractivity contribution is 7.92. The maximum absolute atomic E-state index is 11.5. The van der Waals surface area contributed by atoms with Crippen LogP contribution in [0, 0.1) is 0 Å². The third-order valence-electron chi connectivity index (χ3n) is 2.02. The molecule has 2 N–H and O–H groups in total. The zero-order chi connectivity index (χ0) is 13.8. The van der Waals surface area contributed by atoms with Gasteiger partial charge in [0.1, 0.15) is 6.04 Å². The minimum absolute atomic E-state index is 0.549. The molecular weight excluding hydrogens is 278 g/mol. The number of benzene rings is 1. The molecule has 0 fully saturated rings. The van der Waals surface area contributed by atoms with Crippen molar-refractivity contribution < 1.29 is 18.3 Å². The number of hydrogen-bond acceptors (Lipinski definition) is 3. The molecule has 0 saturated carbocycles. The van der Waals surface area contributed by atoms with Gasteiger partial charge in [0.05, 0.1) is 0 Å². The van der Waals surface area contributed by atoms with Crippen LogP contribution in [0.3, 0.4) is 0 Å². The van der Waals surface area contributed by atoms with Gasteiger partial charge in [-0.1, -0.05) is 23.7 Å². The Morgan fingerprint density at radius 2 is 1.94 bits per heavy atom. The first-order valence-electron chi connectivity index (χ1n) is 4.99. The first kappa shape index (κ1) is 14.7. The van der Waals surface area contributed by atoms with E-state index in [1.165, 1.54) is 13.0 Å². The average Bonchev–Trinajstić information content (AvgIpc) is 2.27. The van der Waals surface area contributed by atoms with Gasteiger partial charge in [0.25, 0.3) is 0 Å². The molecule has 0 heterocycles. The molecule has 0 radical (unpaired) electrons. The van der Waals surface area contributed by atoms with Crippen molar-refractivity contribution in [1.82, 2.24) is 4.72 Å². The number of nitrogens with one attached hydrogen (secondary N) is 1. The van der Waals surface area contributed by atoms with E-state index >= 15 is 0 Å². The molecule has 1 aromatic carbocycles. The largest absolute Gasteiger partial charge is 0.480 e. The van der Waals surface area contributed by atoms with Crippen molar-refractivity contribution in [2.75, 3.05) is 0 Å². The third kappa shape index (κ3) is 4.87. The molecular formula is C11H12ClNO4S. The molecule has 0 aliphatic rings. The van der Waals surface area contributed by atoms with E-state index < -0.39 is 22.0 Å². The highest BCUT2D eigenvalue weighted by Crippen LogP contribution is 2.11. The first-order valence-corrected chi connectivity index (χ1v) is 6.91. The van der Waals surface area contributed by atoms with E-state index in [0.29, 0.717) is 10.6 Å². The van der Waals surface area contributed by atoms with Gasteiger partial charge in [-0.3, -0.25) is 4.79 Å². The second-order valence-electron chi connectivity index (χ2n) is 3.58. The second-order valence-corrected chi connectivity index (χ2v) is 5.61. The fourth-order valence-corrected chi connectivity index (χ4v) is 2.21. The van der Waals surface area contributed by atoms with E-state index in [2.05, 4.69) is 0 Å². The molecule has 7 heteroatoms. The first-order chi connectivity index (χ1) is 8.30. The van der Waals surface area contributed by atoms with Crippen molar-refractivity contribution in [3.8, 4) is 0 Å². The van der Waals surface area contributed by atoms with Crippen LogP contribution < -0.4 is 4.72 Å². The minimum Gasteiger partial charge on any atom is -0.480 e. The van der Waals surface area contributed by atoms with Gasteiger partial charge in [-0.2, -0.15) is 4.72 Å². The van der Waals surface area contributed by atoms with E-state index in [1.807, 2.05) is 4.72 Å². The summed E-state index contributed by atoms with van der Waals surface area (Å²) in [6.45, 7) is 1.25. The number of carboxylic acids is 1. The SMILES string of the molecule is C[C@H](NS(=O)(=O)/C=C/c1ccc(Cl)cc1)C(=O)O. The van der Waals surface area contributed by atoms with Crippen LogP contribution >= 0.6 is 11.6 Å². The fourth-order valence-electron chi connectivity index (χ4n) is 1.08. The monoisotopic (exact) mass is 289 g/mol. The van der Waals surface area contributed by atoms with Crippen molar-refractivity contribution in [2.45, 2.75) is 13.0 Å². The third-order valence-corrected chi connectivity index (χ3v) is 3.45. The van der Waals surface area contributed by atoms with E-state index in [0.717, 1.165) is 5.41 Å². The van der Waals surface area contributed by atoms with Gasteiger partial charge in [0, 0.05) is 10.4 Å². The van der Waals surface area contributed by atoms with E-state index in [4.69, 9.17) is 16.7 Å². The molecule has 5 nitrogen and oxygen atoms in total. The molecule has 98 valence electrons. The summed E-state index contributed by atoms with van der Waals surface area (Å²) < 4.78 is 25.0. The molecule has 0 bridgehead atoms. The van der Waals surface area contributed by atoms with Crippen molar-refractivity contribution in [2.24, 2.45) is 0 Å². The van der Waals surface area contributed by atoms with Gasteiger partial charge in [-0.05, 0) is 30.7 Å². The zero-order valence-corrected chi connectivity index (χ0v) is 11.1. The van der Waals surface area contributed by atoms with Crippen molar-refractivity contribution in [3.63, 3.8) is 0 Å². The standard InChI is InChI=1S/C11H12ClNO4S/c1-8(11(14)15)13-18(16,17)7-6-9-2-4-10(12)5-3-9/h2-8,13H,1H3,(H,14,15)/b7-6+/t8-/m0/s1. The maximum atomic E-state index is 11.5. The Hall–Kier alpha value is -1.37. The van der Waals surface area contributed by atoms with Gasteiger partial charge < -0.3 is 5.11 Å². The lowest BCUT2D eigenvalue weighted by Crippen LogP contribution is -2.37. The Morgan fingerprint density at radius 3 is 2.44 bits per heavy atom. The number of halogens is 1. The van der Waals surface area contributed by atoms with E-state index in [9.17, 15) is 13.2 Å². The molecule has 0 aliphatic carbocycles. The maximum Gasteiger partial charge on any atom is 0.321 e. The van der Waals surface area contributed by atoms with Gasteiger partial charge >= 0.3 is 5.97 Å². The Kier molecular flexibility index (Phi) is 4.89. The summed E-state index contributed by atoms with van der Waals surface area (Å²) in [6.07, 6.45) is 1.35. The summed E-state index contributed by atoms with van der Waals surface area (Å²) in [5.41, 5.74) is 0.646. The summed E-state index contributed by atoms with van der Waals surface area (Å²) in [7, 11) is -3.78. The van der Waals surface area contributed by atoms with Gasteiger partial charge in [-0.15, -0.1) is 0 Å². The minimum atomic E-state index is -3.78. The molecule has 1 atom stereocenters. The van der Waals surface area contributed by atoms with E-state index in [-0.39, 0.29) is 0 Å². The molecule has 18 heavy (non-hydrogen) atoms. The predicted molar refractivity (Wildman–Crippen MR) is 69.6 cm³/mol. The van der Waals surface area contributed by atoms with Gasteiger partial charge in [0.15, 0.2) is 0 Å². The predicted octanol–water partition coefficient (Wildman–Crippen LogP) is 1.70. The number of sulfonamides is 1. The van der Waals surface area contributed by atoms with Gasteiger partial charge in [0.2, 0.25) is 10.0 Å². The quantitative estimate of drug-likeness (QED) is 0.864. The Morgan fingerprint density at radius 1 is 1.39 bits per heavy atom. The summed E-state index contributed by atoms with van der Waals surface area (Å²) in [5, 5.41) is 10.1. The lowest BCUT2D eigenvalue weighted by atomic mass is 10.2. The average molecular weight is 290 g/mol. The highest BCUT2D eigenvalue weighted by Gasteiger charge is 2.16. The lowest BCUT2D eigenvalue weighted by Gasteiger charge is -2.06. The number of aliphatic carboxylic acids is 1. The molecule has 1 rings (SSSR count). The summed E-state index contributed by atoms with van der Waals surface area (Å²) in [4.78, 5) is 10.5. The number of carboxylic acid groups (broad SMARTS) is 1. The summed E-state index contributed by atoms with van der Waals surface area (Å²) in [5.74, 6) is -1.24. The molecule has 0 spiro atoms. The second kappa shape index (κ2) is 5.99. The molecule has 1 aromatic rings. The summed E-state index contributed by atoms with van der Waals surface area (Å²) >= 11 is 5.69. The smallest absolute Gasteiger partial charge is 0.321 e. The van der Waals surface area contributed by atoms with Crippen LogP contribution in [-0.4, -0.2) is 25.5 Å². The normalized spacial score (nSPS) is 13.7. The van der Waals surface area contributed by atoms with Crippen LogP contribution in [0.4, 0.5) is 0 Å². The molecule has 0 unspecified atom stereocenters.